The Labute approximate surface area is 112 Å². The highest BCUT2D eigenvalue weighted by molar-refractivity contribution is 5.22. The summed E-state index contributed by atoms with van der Waals surface area (Å²) in [6, 6.07) is 9.03. The van der Waals surface area contributed by atoms with E-state index < -0.39 is 0 Å². The molecule has 1 saturated carbocycles. The normalized spacial score (nSPS) is 17.4. The van der Waals surface area contributed by atoms with Gasteiger partial charge < -0.3 is 5.32 Å². The molecule has 0 aliphatic heterocycles. The molecule has 1 aliphatic carbocycles. The van der Waals surface area contributed by atoms with E-state index in [2.05, 4.69) is 43.4 Å². The van der Waals surface area contributed by atoms with Crippen molar-refractivity contribution in [3.05, 3.63) is 35.4 Å². The summed E-state index contributed by atoms with van der Waals surface area (Å²) in [5.74, 6) is 1.81. The Kier molecular flexibility index (Phi) is 5.25. The lowest BCUT2D eigenvalue weighted by Crippen LogP contribution is -2.33. The van der Waals surface area contributed by atoms with E-state index in [1.807, 2.05) is 0 Å². The molecule has 0 spiro atoms. The first-order valence-corrected chi connectivity index (χ1v) is 7.56. The zero-order chi connectivity index (χ0) is 12.8. The van der Waals surface area contributed by atoms with Gasteiger partial charge in [-0.1, -0.05) is 56.0 Å². The van der Waals surface area contributed by atoms with E-state index in [4.69, 9.17) is 0 Å². The zero-order valence-corrected chi connectivity index (χ0v) is 11.9. The molecule has 0 aromatic heterocycles. The fourth-order valence-corrected chi connectivity index (χ4v) is 2.92. The Morgan fingerprint density at radius 1 is 1.33 bits per heavy atom. The van der Waals surface area contributed by atoms with Crippen molar-refractivity contribution >= 4 is 0 Å². The Morgan fingerprint density at radius 2 is 2.17 bits per heavy atom. The Morgan fingerprint density at radius 3 is 2.78 bits per heavy atom. The van der Waals surface area contributed by atoms with Gasteiger partial charge in [0.05, 0.1) is 0 Å². The van der Waals surface area contributed by atoms with Crippen LogP contribution in [0.2, 0.25) is 0 Å². The molecule has 1 aromatic carbocycles. The number of nitrogens with one attached hydrogen (secondary N) is 1. The molecule has 1 heteroatoms. The highest BCUT2D eigenvalue weighted by Gasteiger charge is 2.26. The third kappa shape index (κ3) is 3.84. The molecule has 1 nitrogen and oxygen atoms in total. The number of rotatable bonds is 7. The Bertz CT molecular complexity index is 354. The average molecular weight is 245 g/mol. The lowest BCUT2D eigenvalue weighted by molar-refractivity contribution is 0.200. The Hall–Kier alpha value is -0.820. The van der Waals surface area contributed by atoms with E-state index in [-0.39, 0.29) is 0 Å². The van der Waals surface area contributed by atoms with Gasteiger partial charge >= 0.3 is 0 Å². The van der Waals surface area contributed by atoms with Crippen LogP contribution in [0.15, 0.2) is 24.3 Å². The number of hydrogen-bond acceptors (Lipinski definition) is 1. The second kappa shape index (κ2) is 6.94. The third-order valence-corrected chi connectivity index (χ3v) is 4.23. The third-order valence-electron chi connectivity index (χ3n) is 4.23. The van der Waals surface area contributed by atoms with Crippen LogP contribution in [-0.2, 0) is 6.42 Å². The fourth-order valence-electron chi connectivity index (χ4n) is 2.92. The van der Waals surface area contributed by atoms with Crippen molar-refractivity contribution in [1.82, 2.24) is 5.32 Å². The van der Waals surface area contributed by atoms with Gasteiger partial charge in [-0.25, -0.2) is 0 Å². The summed E-state index contributed by atoms with van der Waals surface area (Å²) in [5.41, 5.74) is 2.91. The largest absolute Gasteiger partial charge is 0.316 e. The van der Waals surface area contributed by atoms with Crippen molar-refractivity contribution < 1.29 is 0 Å². The fraction of sp³-hybridized carbons (Fsp3) is 0.647. The topological polar surface area (TPSA) is 12.0 Å². The van der Waals surface area contributed by atoms with E-state index in [1.165, 1.54) is 49.8 Å². The van der Waals surface area contributed by atoms with Gasteiger partial charge in [0.15, 0.2) is 0 Å². The van der Waals surface area contributed by atoms with Crippen LogP contribution in [0.5, 0.6) is 0 Å². The van der Waals surface area contributed by atoms with Gasteiger partial charge in [-0.15, -0.1) is 0 Å². The predicted octanol–water partition coefficient (Wildman–Crippen LogP) is 3.95. The van der Waals surface area contributed by atoms with Crippen molar-refractivity contribution in [3.8, 4) is 0 Å². The molecule has 0 radical (unpaired) electrons. The maximum atomic E-state index is 3.62. The average Bonchev–Trinajstić information content (AvgIpc) is 2.27. The molecular weight excluding hydrogens is 218 g/mol. The molecule has 0 bridgehead atoms. The van der Waals surface area contributed by atoms with E-state index >= 15 is 0 Å². The maximum absolute atomic E-state index is 3.62. The van der Waals surface area contributed by atoms with Crippen LogP contribution in [0.25, 0.3) is 0 Å². The van der Waals surface area contributed by atoms with Crippen LogP contribution < -0.4 is 5.32 Å². The second-order valence-corrected chi connectivity index (χ2v) is 5.85. The summed E-state index contributed by atoms with van der Waals surface area (Å²) in [6.07, 6.45) is 6.84. The first-order chi connectivity index (χ1) is 8.79. The number of benzene rings is 1. The molecule has 2 rings (SSSR count). The Balaban J connectivity index is 1.91. The van der Waals surface area contributed by atoms with Crippen molar-refractivity contribution in [1.29, 1.82) is 0 Å². The lowest BCUT2D eigenvalue weighted by atomic mass is 9.73. The minimum atomic E-state index is 0.840. The molecular formula is C17H27N. The van der Waals surface area contributed by atoms with Crippen LogP contribution in [-0.4, -0.2) is 13.1 Å². The highest BCUT2D eigenvalue weighted by Crippen LogP contribution is 2.35. The predicted molar refractivity (Wildman–Crippen MR) is 78.9 cm³/mol. The molecule has 1 N–H and O–H groups in total. The highest BCUT2D eigenvalue weighted by atomic mass is 14.9. The molecule has 100 valence electrons. The molecule has 0 heterocycles. The van der Waals surface area contributed by atoms with E-state index in [9.17, 15) is 0 Å². The van der Waals surface area contributed by atoms with Crippen molar-refractivity contribution in [2.45, 2.75) is 46.0 Å². The van der Waals surface area contributed by atoms with Gasteiger partial charge in [0.25, 0.3) is 0 Å². The van der Waals surface area contributed by atoms with Crippen LogP contribution in [0.3, 0.4) is 0 Å². The van der Waals surface area contributed by atoms with Crippen molar-refractivity contribution in [3.63, 3.8) is 0 Å². The SMILES string of the molecule is CCCNCC(Cc1cccc(C)c1)C1CCC1. The maximum Gasteiger partial charge on any atom is -0.00147 e. The van der Waals surface area contributed by atoms with Gasteiger partial charge in [0.2, 0.25) is 0 Å². The van der Waals surface area contributed by atoms with E-state index in [0.717, 1.165) is 18.4 Å². The van der Waals surface area contributed by atoms with Crippen LogP contribution in [0.1, 0.15) is 43.7 Å². The summed E-state index contributed by atoms with van der Waals surface area (Å²) in [5, 5.41) is 3.62. The first-order valence-electron chi connectivity index (χ1n) is 7.56. The van der Waals surface area contributed by atoms with E-state index in [0.29, 0.717) is 0 Å². The molecule has 1 atom stereocenters. The zero-order valence-electron chi connectivity index (χ0n) is 11.9. The van der Waals surface area contributed by atoms with Crippen molar-refractivity contribution in [2.24, 2.45) is 11.8 Å². The smallest absolute Gasteiger partial charge is 0.00147 e. The molecule has 1 aromatic rings. The first kappa shape index (κ1) is 13.6. The second-order valence-electron chi connectivity index (χ2n) is 5.85. The van der Waals surface area contributed by atoms with Crippen LogP contribution >= 0.6 is 0 Å². The van der Waals surface area contributed by atoms with Gasteiger partial charge in [-0.3, -0.25) is 0 Å². The van der Waals surface area contributed by atoms with E-state index in [1.54, 1.807) is 0 Å². The lowest BCUT2D eigenvalue weighted by Gasteiger charge is -2.34. The quantitative estimate of drug-likeness (QED) is 0.717. The molecule has 0 amide bonds. The number of aryl methyl sites for hydroxylation is 1. The summed E-state index contributed by atoms with van der Waals surface area (Å²) in [4.78, 5) is 0. The minimum Gasteiger partial charge on any atom is -0.316 e. The van der Waals surface area contributed by atoms with Crippen LogP contribution in [0, 0.1) is 18.8 Å². The monoisotopic (exact) mass is 245 g/mol. The molecule has 18 heavy (non-hydrogen) atoms. The number of hydrogen-bond donors (Lipinski definition) is 1. The van der Waals surface area contributed by atoms with Gasteiger partial charge in [0.1, 0.15) is 0 Å². The van der Waals surface area contributed by atoms with Gasteiger partial charge in [-0.05, 0) is 50.3 Å². The van der Waals surface area contributed by atoms with Gasteiger partial charge in [-0.2, -0.15) is 0 Å². The van der Waals surface area contributed by atoms with Crippen LogP contribution in [0.4, 0.5) is 0 Å². The summed E-state index contributed by atoms with van der Waals surface area (Å²) in [6.45, 7) is 6.80. The molecule has 1 aliphatic rings. The molecule has 0 saturated heterocycles. The summed E-state index contributed by atoms with van der Waals surface area (Å²) >= 11 is 0. The summed E-state index contributed by atoms with van der Waals surface area (Å²) in [7, 11) is 0. The molecule has 1 fully saturated rings. The van der Waals surface area contributed by atoms with Gasteiger partial charge in [0, 0.05) is 0 Å². The molecule has 1 unspecified atom stereocenters. The van der Waals surface area contributed by atoms with Crippen molar-refractivity contribution in [2.75, 3.05) is 13.1 Å². The standard InChI is InChI=1S/C17H27N/c1-3-10-18-13-17(16-8-5-9-16)12-15-7-4-6-14(2)11-15/h4,6-7,11,16-18H,3,5,8-10,12-13H2,1-2H3. The summed E-state index contributed by atoms with van der Waals surface area (Å²) < 4.78 is 0. The minimum absolute atomic E-state index is 0.840.